The molecule has 2 N–H and O–H groups in total. The fraction of sp³-hybridized carbons (Fsp3) is 0.909. The summed E-state index contributed by atoms with van der Waals surface area (Å²) in [4.78, 5) is 6.58. The van der Waals surface area contributed by atoms with E-state index in [4.69, 9.17) is 5.73 Å². The van der Waals surface area contributed by atoms with E-state index in [2.05, 4.69) is 30.8 Å². The molecule has 0 radical (unpaired) electrons. The average molecular weight is 195 g/mol. The Bertz CT molecular complexity index is 261. The second-order valence-electron chi connectivity index (χ2n) is 5.16. The molecular formula is C11H21N3. The van der Waals surface area contributed by atoms with Gasteiger partial charge < -0.3 is 10.6 Å². The number of rotatable bonds is 0. The Labute approximate surface area is 86.4 Å². The van der Waals surface area contributed by atoms with Gasteiger partial charge in [0.15, 0.2) is 5.96 Å². The van der Waals surface area contributed by atoms with Crippen LogP contribution in [-0.2, 0) is 0 Å². The molecule has 3 nitrogen and oxygen atoms in total. The minimum Gasteiger partial charge on any atom is -0.370 e. The van der Waals surface area contributed by atoms with Crippen molar-refractivity contribution in [3.63, 3.8) is 0 Å². The SMILES string of the molecule is CC1CCC2(CN=C(N)N2C)CC1C. The minimum atomic E-state index is 0.260. The minimum absolute atomic E-state index is 0.260. The van der Waals surface area contributed by atoms with Gasteiger partial charge in [-0.3, -0.25) is 4.99 Å². The van der Waals surface area contributed by atoms with Crippen LogP contribution in [0, 0.1) is 11.8 Å². The topological polar surface area (TPSA) is 41.6 Å². The van der Waals surface area contributed by atoms with E-state index in [0.29, 0.717) is 0 Å². The molecule has 2 aliphatic rings. The molecule has 1 aliphatic heterocycles. The van der Waals surface area contributed by atoms with Crippen molar-refractivity contribution >= 4 is 5.96 Å². The van der Waals surface area contributed by atoms with Crippen LogP contribution in [0.15, 0.2) is 4.99 Å². The van der Waals surface area contributed by atoms with Gasteiger partial charge in [0.25, 0.3) is 0 Å². The molecule has 3 heteroatoms. The Kier molecular flexibility index (Phi) is 2.20. The number of hydrogen-bond donors (Lipinski definition) is 1. The van der Waals surface area contributed by atoms with Crippen LogP contribution < -0.4 is 5.73 Å². The maximum Gasteiger partial charge on any atom is 0.191 e. The number of likely N-dealkylation sites (N-methyl/N-ethyl adjacent to an activating group) is 1. The van der Waals surface area contributed by atoms with Gasteiger partial charge in [-0.05, 0) is 31.1 Å². The zero-order chi connectivity index (χ0) is 10.3. The maximum absolute atomic E-state index is 5.84. The van der Waals surface area contributed by atoms with Gasteiger partial charge in [0.05, 0.1) is 12.1 Å². The van der Waals surface area contributed by atoms with Gasteiger partial charge in [0.2, 0.25) is 0 Å². The highest BCUT2D eigenvalue weighted by Gasteiger charge is 2.44. The van der Waals surface area contributed by atoms with Crippen molar-refractivity contribution < 1.29 is 0 Å². The Morgan fingerprint density at radius 3 is 2.64 bits per heavy atom. The molecule has 1 spiro atoms. The third-order valence-corrected chi connectivity index (χ3v) is 4.33. The van der Waals surface area contributed by atoms with E-state index >= 15 is 0 Å². The standard InChI is InChI=1S/C11H21N3/c1-8-4-5-11(6-9(8)2)7-13-10(12)14(11)3/h8-9H,4-7H2,1-3H3,(H2,12,13). The van der Waals surface area contributed by atoms with E-state index in [-0.39, 0.29) is 5.54 Å². The van der Waals surface area contributed by atoms with Gasteiger partial charge in [-0.2, -0.15) is 0 Å². The largest absolute Gasteiger partial charge is 0.370 e. The van der Waals surface area contributed by atoms with Crippen molar-refractivity contribution in [3.05, 3.63) is 0 Å². The highest BCUT2D eigenvalue weighted by Crippen LogP contribution is 2.41. The first-order valence-corrected chi connectivity index (χ1v) is 5.59. The summed E-state index contributed by atoms with van der Waals surface area (Å²) in [6, 6.07) is 0. The summed E-state index contributed by atoms with van der Waals surface area (Å²) in [6.07, 6.45) is 3.81. The predicted molar refractivity (Wildman–Crippen MR) is 59.2 cm³/mol. The summed E-state index contributed by atoms with van der Waals surface area (Å²) in [7, 11) is 2.09. The zero-order valence-electron chi connectivity index (χ0n) is 9.45. The molecule has 1 heterocycles. The quantitative estimate of drug-likeness (QED) is 0.635. The lowest BCUT2D eigenvalue weighted by atomic mass is 9.71. The van der Waals surface area contributed by atoms with E-state index in [9.17, 15) is 0 Å². The van der Waals surface area contributed by atoms with Crippen molar-refractivity contribution in [2.75, 3.05) is 13.6 Å². The first-order chi connectivity index (χ1) is 6.55. The van der Waals surface area contributed by atoms with Crippen LogP contribution in [0.25, 0.3) is 0 Å². The lowest BCUT2D eigenvalue weighted by molar-refractivity contribution is 0.0995. The van der Waals surface area contributed by atoms with Crippen LogP contribution in [0.3, 0.4) is 0 Å². The molecule has 0 aromatic heterocycles. The molecule has 1 saturated carbocycles. The number of nitrogens with two attached hydrogens (primary N) is 1. The Morgan fingerprint density at radius 2 is 2.14 bits per heavy atom. The van der Waals surface area contributed by atoms with Crippen LogP contribution in [0.4, 0.5) is 0 Å². The molecule has 2 rings (SSSR count). The Hall–Kier alpha value is -0.730. The molecule has 0 aromatic carbocycles. The molecule has 0 bridgehead atoms. The Morgan fingerprint density at radius 1 is 1.43 bits per heavy atom. The van der Waals surface area contributed by atoms with Gasteiger partial charge in [-0.25, -0.2) is 0 Å². The monoisotopic (exact) mass is 195 g/mol. The van der Waals surface area contributed by atoms with Crippen LogP contribution >= 0.6 is 0 Å². The van der Waals surface area contributed by atoms with Crippen molar-refractivity contribution in [2.24, 2.45) is 22.6 Å². The molecule has 0 saturated heterocycles. The second-order valence-corrected chi connectivity index (χ2v) is 5.16. The van der Waals surface area contributed by atoms with E-state index in [1.807, 2.05) is 0 Å². The third-order valence-electron chi connectivity index (χ3n) is 4.33. The maximum atomic E-state index is 5.84. The fourth-order valence-corrected chi connectivity index (χ4v) is 2.81. The molecule has 80 valence electrons. The molecule has 3 unspecified atom stereocenters. The van der Waals surface area contributed by atoms with Crippen LogP contribution in [0.2, 0.25) is 0 Å². The predicted octanol–water partition coefficient (Wildman–Crippen LogP) is 1.44. The normalized spacial score (nSPS) is 43.1. The van der Waals surface area contributed by atoms with Crippen LogP contribution in [0.1, 0.15) is 33.1 Å². The van der Waals surface area contributed by atoms with Crippen LogP contribution in [-0.4, -0.2) is 30.0 Å². The number of guanidine groups is 1. The van der Waals surface area contributed by atoms with Gasteiger partial charge in [-0.15, -0.1) is 0 Å². The lowest BCUT2D eigenvalue weighted by Crippen LogP contribution is -2.52. The fourth-order valence-electron chi connectivity index (χ4n) is 2.81. The molecule has 3 atom stereocenters. The summed E-state index contributed by atoms with van der Waals surface area (Å²) in [5, 5.41) is 0. The highest BCUT2D eigenvalue weighted by molar-refractivity contribution is 5.80. The third kappa shape index (κ3) is 1.30. The smallest absolute Gasteiger partial charge is 0.191 e. The lowest BCUT2D eigenvalue weighted by Gasteiger charge is -2.44. The van der Waals surface area contributed by atoms with Crippen molar-refractivity contribution in [2.45, 2.75) is 38.6 Å². The molecule has 0 amide bonds. The van der Waals surface area contributed by atoms with E-state index in [0.717, 1.165) is 24.3 Å². The molecule has 14 heavy (non-hydrogen) atoms. The van der Waals surface area contributed by atoms with Crippen molar-refractivity contribution in [1.29, 1.82) is 0 Å². The first kappa shape index (κ1) is 9.81. The Balaban J connectivity index is 2.12. The van der Waals surface area contributed by atoms with E-state index in [1.165, 1.54) is 19.3 Å². The first-order valence-electron chi connectivity index (χ1n) is 5.59. The number of hydrogen-bond acceptors (Lipinski definition) is 3. The summed E-state index contributed by atoms with van der Waals surface area (Å²) >= 11 is 0. The van der Waals surface area contributed by atoms with E-state index < -0.39 is 0 Å². The van der Waals surface area contributed by atoms with Gasteiger partial charge in [-0.1, -0.05) is 13.8 Å². The molecular weight excluding hydrogens is 174 g/mol. The second kappa shape index (κ2) is 3.14. The molecule has 1 aliphatic carbocycles. The van der Waals surface area contributed by atoms with Crippen LogP contribution in [0.5, 0.6) is 0 Å². The highest BCUT2D eigenvalue weighted by atomic mass is 15.3. The average Bonchev–Trinajstić information content (AvgIpc) is 2.42. The van der Waals surface area contributed by atoms with Crippen molar-refractivity contribution in [1.82, 2.24) is 4.90 Å². The molecule has 0 aromatic rings. The van der Waals surface area contributed by atoms with Gasteiger partial charge >= 0.3 is 0 Å². The number of aliphatic imine (C=N–C) groups is 1. The summed E-state index contributed by atoms with van der Waals surface area (Å²) in [5.74, 6) is 2.38. The summed E-state index contributed by atoms with van der Waals surface area (Å²) in [5.41, 5.74) is 6.10. The van der Waals surface area contributed by atoms with Gasteiger partial charge in [0, 0.05) is 7.05 Å². The van der Waals surface area contributed by atoms with E-state index in [1.54, 1.807) is 0 Å². The summed E-state index contributed by atoms with van der Waals surface area (Å²) < 4.78 is 0. The zero-order valence-corrected chi connectivity index (χ0v) is 9.45. The molecule has 1 fully saturated rings. The van der Waals surface area contributed by atoms with Crippen molar-refractivity contribution in [3.8, 4) is 0 Å². The van der Waals surface area contributed by atoms with Gasteiger partial charge in [0.1, 0.15) is 0 Å². The number of nitrogens with zero attached hydrogens (tertiary/aromatic N) is 2. The summed E-state index contributed by atoms with van der Waals surface area (Å²) in [6.45, 7) is 5.62.